The van der Waals surface area contributed by atoms with Gasteiger partial charge in [-0.3, -0.25) is 0 Å². The summed E-state index contributed by atoms with van der Waals surface area (Å²) in [6, 6.07) is 0. The summed E-state index contributed by atoms with van der Waals surface area (Å²) < 4.78 is 6.31. The number of halogens is 1. The molecule has 5 heteroatoms. The summed E-state index contributed by atoms with van der Waals surface area (Å²) in [6.45, 7) is 0.807. The second kappa shape index (κ2) is 4.37. The first-order chi connectivity index (χ1) is 6.34. The van der Waals surface area contributed by atoms with Crippen LogP contribution in [0.3, 0.4) is 0 Å². The minimum atomic E-state index is 0.679. The average molecular weight is 263 g/mol. The van der Waals surface area contributed by atoms with Crippen molar-refractivity contribution in [2.24, 2.45) is 5.92 Å². The highest BCUT2D eigenvalue weighted by atomic mass is 79.9. The predicted octanol–water partition coefficient (Wildman–Crippen LogP) is 2.87. The van der Waals surface area contributed by atoms with Gasteiger partial charge in [-0.2, -0.15) is 0 Å². The molecule has 1 saturated carbocycles. The second-order valence-electron chi connectivity index (χ2n) is 3.28. The highest BCUT2D eigenvalue weighted by Gasteiger charge is 2.16. The average Bonchev–Trinajstić information content (AvgIpc) is 2.71. The van der Waals surface area contributed by atoms with Gasteiger partial charge in [0.25, 0.3) is 5.19 Å². The van der Waals surface area contributed by atoms with Crippen LogP contribution in [0.5, 0.6) is 5.19 Å². The lowest BCUT2D eigenvalue weighted by Gasteiger charge is -2.07. The first-order valence-electron chi connectivity index (χ1n) is 4.46. The van der Waals surface area contributed by atoms with E-state index >= 15 is 0 Å². The molecule has 0 amide bonds. The smallest absolute Gasteiger partial charge is 0.294 e. The zero-order chi connectivity index (χ0) is 9.10. The Kier molecular flexibility index (Phi) is 3.16. The van der Waals surface area contributed by atoms with Crippen LogP contribution >= 0.6 is 27.3 Å². The van der Waals surface area contributed by atoms with Crippen LogP contribution < -0.4 is 4.74 Å². The fourth-order valence-electron chi connectivity index (χ4n) is 1.62. The van der Waals surface area contributed by atoms with Gasteiger partial charge in [-0.1, -0.05) is 17.9 Å². The van der Waals surface area contributed by atoms with Gasteiger partial charge in [0, 0.05) is 0 Å². The van der Waals surface area contributed by atoms with E-state index in [1.165, 1.54) is 37.0 Å². The van der Waals surface area contributed by atoms with E-state index in [4.69, 9.17) is 4.74 Å². The topological polar surface area (TPSA) is 35.0 Å². The van der Waals surface area contributed by atoms with E-state index in [9.17, 15) is 0 Å². The van der Waals surface area contributed by atoms with Crippen molar-refractivity contribution < 1.29 is 4.74 Å². The lowest BCUT2D eigenvalue weighted by atomic mass is 10.1. The Morgan fingerprint density at radius 1 is 1.38 bits per heavy atom. The molecule has 1 fully saturated rings. The molecule has 0 unspecified atom stereocenters. The first kappa shape index (κ1) is 9.40. The van der Waals surface area contributed by atoms with Gasteiger partial charge in [0.15, 0.2) is 3.92 Å². The van der Waals surface area contributed by atoms with E-state index in [0.717, 1.165) is 16.4 Å². The van der Waals surface area contributed by atoms with E-state index in [2.05, 4.69) is 26.1 Å². The van der Waals surface area contributed by atoms with Crippen molar-refractivity contribution in [1.82, 2.24) is 10.2 Å². The van der Waals surface area contributed by atoms with E-state index in [0.29, 0.717) is 5.19 Å². The number of ether oxygens (including phenoxy) is 1. The third kappa shape index (κ3) is 2.64. The van der Waals surface area contributed by atoms with Crippen LogP contribution in [0.25, 0.3) is 0 Å². The summed E-state index contributed by atoms with van der Waals surface area (Å²) in [5, 5.41) is 8.38. The molecule has 0 spiro atoms. The minimum absolute atomic E-state index is 0.679. The van der Waals surface area contributed by atoms with Crippen LogP contribution in [-0.4, -0.2) is 16.8 Å². The molecule has 0 bridgehead atoms. The Bertz CT molecular complexity index is 273. The molecule has 0 saturated heterocycles. The summed E-state index contributed by atoms with van der Waals surface area (Å²) in [5.41, 5.74) is 0. The third-order valence-corrected chi connectivity index (χ3v) is 3.57. The first-order valence-corrected chi connectivity index (χ1v) is 6.07. The maximum Gasteiger partial charge on any atom is 0.294 e. The molecule has 0 aliphatic heterocycles. The monoisotopic (exact) mass is 262 g/mol. The molecule has 3 nitrogen and oxygen atoms in total. The molecule has 0 radical (unpaired) electrons. The van der Waals surface area contributed by atoms with Gasteiger partial charge in [-0.15, -0.1) is 5.10 Å². The summed E-state index contributed by atoms with van der Waals surface area (Å²) in [7, 11) is 0. The van der Waals surface area contributed by atoms with Gasteiger partial charge in [-0.25, -0.2) is 0 Å². The summed E-state index contributed by atoms with van der Waals surface area (Å²) in [4.78, 5) is 0. The van der Waals surface area contributed by atoms with Crippen molar-refractivity contribution in [3.05, 3.63) is 3.92 Å². The van der Waals surface area contributed by atoms with E-state index in [-0.39, 0.29) is 0 Å². The largest absolute Gasteiger partial charge is 0.469 e. The zero-order valence-electron chi connectivity index (χ0n) is 7.20. The van der Waals surface area contributed by atoms with Crippen molar-refractivity contribution in [1.29, 1.82) is 0 Å². The number of hydrogen-bond acceptors (Lipinski definition) is 4. The Morgan fingerprint density at radius 3 is 2.77 bits per heavy atom. The molecular formula is C8H11BrN2OS. The Labute approximate surface area is 89.6 Å². The van der Waals surface area contributed by atoms with Gasteiger partial charge in [0.2, 0.25) is 0 Å². The van der Waals surface area contributed by atoms with Crippen molar-refractivity contribution >= 4 is 27.3 Å². The number of aromatic nitrogens is 2. The summed E-state index contributed by atoms with van der Waals surface area (Å²) in [5.74, 6) is 0.739. The van der Waals surface area contributed by atoms with Gasteiger partial charge in [-0.05, 0) is 46.0 Å². The van der Waals surface area contributed by atoms with Crippen LogP contribution in [0.2, 0.25) is 0 Å². The van der Waals surface area contributed by atoms with E-state index in [1.807, 2.05) is 0 Å². The molecule has 0 aromatic carbocycles. The van der Waals surface area contributed by atoms with Crippen LogP contribution in [-0.2, 0) is 0 Å². The van der Waals surface area contributed by atoms with Crippen LogP contribution in [0, 0.1) is 5.92 Å². The fourth-order valence-corrected chi connectivity index (χ4v) is 2.55. The minimum Gasteiger partial charge on any atom is -0.469 e. The molecule has 1 aromatic rings. The maximum atomic E-state index is 5.53. The highest BCUT2D eigenvalue weighted by Crippen LogP contribution is 2.27. The van der Waals surface area contributed by atoms with Crippen molar-refractivity contribution in [2.75, 3.05) is 6.61 Å². The normalized spacial score (nSPS) is 17.9. The summed E-state index contributed by atoms with van der Waals surface area (Å²) in [6.07, 6.45) is 5.32. The Morgan fingerprint density at radius 2 is 2.15 bits per heavy atom. The van der Waals surface area contributed by atoms with Crippen LogP contribution in [0.1, 0.15) is 25.7 Å². The molecule has 13 heavy (non-hydrogen) atoms. The lowest BCUT2D eigenvalue weighted by molar-refractivity contribution is 0.249. The lowest BCUT2D eigenvalue weighted by Crippen LogP contribution is -2.07. The Balaban J connectivity index is 1.78. The molecule has 1 aliphatic carbocycles. The standard InChI is InChI=1S/C8H11BrN2OS/c9-7-10-11-8(13-7)12-5-6-3-1-2-4-6/h6H,1-5H2. The Hall–Kier alpha value is -0.160. The van der Waals surface area contributed by atoms with Crippen LogP contribution in [0.4, 0.5) is 0 Å². The van der Waals surface area contributed by atoms with Gasteiger partial charge in [0.1, 0.15) is 0 Å². The second-order valence-corrected chi connectivity index (χ2v) is 5.50. The SMILES string of the molecule is Brc1nnc(OCC2CCCC2)s1. The van der Waals surface area contributed by atoms with E-state index in [1.54, 1.807) is 0 Å². The molecule has 72 valence electrons. The molecule has 0 atom stereocenters. The van der Waals surface area contributed by atoms with E-state index < -0.39 is 0 Å². The van der Waals surface area contributed by atoms with Crippen molar-refractivity contribution in [2.45, 2.75) is 25.7 Å². The molecule has 2 rings (SSSR count). The molecule has 0 N–H and O–H groups in total. The van der Waals surface area contributed by atoms with Crippen molar-refractivity contribution in [3.63, 3.8) is 0 Å². The number of rotatable bonds is 3. The van der Waals surface area contributed by atoms with Crippen LogP contribution in [0.15, 0.2) is 3.92 Å². The van der Waals surface area contributed by atoms with Crippen molar-refractivity contribution in [3.8, 4) is 5.19 Å². The number of hydrogen-bond donors (Lipinski definition) is 0. The maximum absolute atomic E-state index is 5.53. The molecule has 1 heterocycles. The summed E-state index contributed by atoms with van der Waals surface area (Å²) >= 11 is 4.69. The van der Waals surface area contributed by atoms with Gasteiger partial charge >= 0.3 is 0 Å². The zero-order valence-corrected chi connectivity index (χ0v) is 9.60. The third-order valence-electron chi connectivity index (χ3n) is 2.30. The molecule has 1 aromatic heterocycles. The quantitative estimate of drug-likeness (QED) is 0.841. The molecule has 1 aliphatic rings. The fraction of sp³-hybridized carbons (Fsp3) is 0.750. The number of nitrogens with zero attached hydrogens (tertiary/aromatic N) is 2. The predicted molar refractivity (Wildman–Crippen MR) is 55.1 cm³/mol. The highest BCUT2D eigenvalue weighted by molar-refractivity contribution is 9.11. The molecular weight excluding hydrogens is 252 g/mol. The van der Waals surface area contributed by atoms with Gasteiger partial charge in [0.05, 0.1) is 6.61 Å². The van der Waals surface area contributed by atoms with Gasteiger partial charge < -0.3 is 4.74 Å².